The molecule has 0 aromatic heterocycles. The van der Waals surface area contributed by atoms with Crippen LogP contribution in [0, 0.1) is 5.82 Å². The molecule has 2 aromatic rings. The van der Waals surface area contributed by atoms with Gasteiger partial charge in [0.25, 0.3) is 0 Å². The highest BCUT2D eigenvalue weighted by Crippen LogP contribution is 2.22. The van der Waals surface area contributed by atoms with Gasteiger partial charge in [0.1, 0.15) is 11.6 Å². The lowest BCUT2D eigenvalue weighted by atomic mass is 10.0. The normalized spacial score (nSPS) is 15.8. The van der Waals surface area contributed by atoms with Gasteiger partial charge in [0, 0.05) is 26.1 Å². The van der Waals surface area contributed by atoms with Crippen molar-refractivity contribution in [3.63, 3.8) is 0 Å². The Balaban J connectivity index is 1.57. The third-order valence-electron chi connectivity index (χ3n) is 5.01. The van der Waals surface area contributed by atoms with Crippen molar-refractivity contribution in [2.45, 2.75) is 18.9 Å². The van der Waals surface area contributed by atoms with E-state index in [2.05, 4.69) is 10.2 Å². The maximum Gasteiger partial charge on any atom is 0.220 e. The summed E-state index contributed by atoms with van der Waals surface area (Å²) in [6, 6.07) is 14.3. The highest BCUT2D eigenvalue weighted by molar-refractivity contribution is 5.76. The number of methoxy groups -OCH3 is 1. The summed E-state index contributed by atoms with van der Waals surface area (Å²) in [7, 11) is 1.63. The first kappa shape index (κ1) is 20.3. The second-order valence-electron chi connectivity index (χ2n) is 6.87. The Kier molecular flexibility index (Phi) is 7.39. The molecule has 1 heterocycles. The highest BCUT2D eigenvalue weighted by atomic mass is 19.1. The Labute approximate surface area is 165 Å². The molecular weight excluding hydrogens is 359 g/mol. The third-order valence-corrected chi connectivity index (χ3v) is 5.01. The fraction of sp³-hybridized carbons (Fsp3) is 0.409. The summed E-state index contributed by atoms with van der Waals surface area (Å²) >= 11 is 0. The molecule has 5 nitrogen and oxygen atoms in total. The second kappa shape index (κ2) is 10.2. The smallest absolute Gasteiger partial charge is 0.220 e. The van der Waals surface area contributed by atoms with Crippen molar-refractivity contribution in [1.29, 1.82) is 0 Å². The number of amides is 1. The molecule has 1 aliphatic rings. The molecule has 1 aliphatic heterocycles. The molecule has 6 heteroatoms. The van der Waals surface area contributed by atoms with E-state index in [-0.39, 0.29) is 17.8 Å². The quantitative estimate of drug-likeness (QED) is 0.758. The highest BCUT2D eigenvalue weighted by Gasteiger charge is 2.23. The standard InChI is InChI=1S/C22H27FN2O3/c1-27-20-4-2-3-17(15-20)5-10-22(26)24-16-21(25-11-13-28-14-12-25)18-6-8-19(23)9-7-18/h2-4,6-9,15,21H,5,10-14,16H2,1H3,(H,24,26). The molecule has 1 saturated heterocycles. The zero-order valence-electron chi connectivity index (χ0n) is 16.2. The van der Waals surface area contributed by atoms with Crippen LogP contribution in [0.2, 0.25) is 0 Å². The summed E-state index contributed by atoms with van der Waals surface area (Å²) in [6.45, 7) is 3.41. The van der Waals surface area contributed by atoms with Crippen LogP contribution in [0.3, 0.4) is 0 Å². The Morgan fingerprint density at radius 3 is 2.68 bits per heavy atom. The number of hydrogen-bond donors (Lipinski definition) is 1. The molecule has 150 valence electrons. The summed E-state index contributed by atoms with van der Waals surface area (Å²) in [5.74, 6) is 0.539. The van der Waals surface area contributed by atoms with Crippen LogP contribution in [0.4, 0.5) is 4.39 Å². The number of rotatable bonds is 8. The van der Waals surface area contributed by atoms with Crippen LogP contribution in [0.1, 0.15) is 23.6 Å². The van der Waals surface area contributed by atoms with Gasteiger partial charge in [-0.3, -0.25) is 9.69 Å². The summed E-state index contributed by atoms with van der Waals surface area (Å²) in [5, 5.41) is 3.05. The Morgan fingerprint density at radius 2 is 1.96 bits per heavy atom. The number of carbonyl (C=O) groups excluding carboxylic acids is 1. The molecule has 0 saturated carbocycles. The van der Waals surface area contributed by atoms with E-state index >= 15 is 0 Å². The molecule has 0 aliphatic carbocycles. The number of benzene rings is 2. The van der Waals surface area contributed by atoms with Gasteiger partial charge >= 0.3 is 0 Å². The molecule has 3 rings (SSSR count). The number of nitrogens with zero attached hydrogens (tertiary/aromatic N) is 1. The van der Waals surface area contributed by atoms with Crippen LogP contribution in [0.15, 0.2) is 48.5 Å². The minimum Gasteiger partial charge on any atom is -0.497 e. The van der Waals surface area contributed by atoms with Crippen molar-refractivity contribution >= 4 is 5.91 Å². The van der Waals surface area contributed by atoms with Crippen molar-refractivity contribution in [2.75, 3.05) is 40.0 Å². The molecule has 2 aromatic carbocycles. The van der Waals surface area contributed by atoms with Gasteiger partial charge in [0.05, 0.1) is 26.4 Å². The van der Waals surface area contributed by atoms with Crippen LogP contribution >= 0.6 is 0 Å². The van der Waals surface area contributed by atoms with Crippen molar-refractivity contribution in [3.05, 3.63) is 65.5 Å². The summed E-state index contributed by atoms with van der Waals surface area (Å²) < 4.78 is 24.0. The summed E-state index contributed by atoms with van der Waals surface area (Å²) in [5.41, 5.74) is 2.06. The number of halogens is 1. The zero-order valence-corrected chi connectivity index (χ0v) is 16.2. The van der Waals surface area contributed by atoms with E-state index in [4.69, 9.17) is 9.47 Å². The van der Waals surface area contributed by atoms with E-state index in [1.165, 1.54) is 12.1 Å². The van der Waals surface area contributed by atoms with Gasteiger partial charge in [-0.15, -0.1) is 0 Å². The SMILES string of the molecule is COc1cccc(CCC(=O)NCC(c2ccc(F)cc2)N2CCOCC2)c1. The number of morpholine rings is 1. The van der Waals surface area contributed by atoms with Crippen molar-refractivity contribution in [3.8, 4) is 5.75 Å². The monoisotopic (exact) mass is 386 g/mol. The number of hydrogen-bond acceptors (Lipinski definition) is 4. The van der Waals surface area contributed by atoms with Crippen molar-refractivity contribution in [1.82, 2.24) is 10.2 Å². The topological polar surface area (TPSA) is 50.8 Å². The van der Waals surface area contributed by atoms with Crippen molar-refractivity contribution < 1.29 is 18.7 Å². The van der Waals surface area contributed by atoms with Crippen LogP contribution in [0.25, 0.3) is 0 Å². The second-order valence-corrected chi connectivity index (χ2v) is 6.87. The number of nitrogens with one attached hydrogen (secondary N) is 1. The third kappa shape index (κ3) is 5.78. The molecule has 1 N–H and O–H groups in total. The van der Waals surface area contributed by atoms with E-state index in [1.807, 2.05) is 24.3 Å². The molecule has 0 bridgehead atoms. The van der Waals surface area contributed by atoms with Crippen molar-refractivity contribution in [2.24, 2.45) is 0 Å². The zero-order chi connectivity index (χ0) is 19.8. The van der Waals surface area contributed by atoms with E-state index in [1.54, 1.807) is 19.2 Å². The molecule has 1 unspecified atom stereocenters. The molecular formula is C22H27FN2O3. The Bertz CT molecular complexity index is 761. The minimum atomic E-state index is -0.258. The fourth-order valence-corrected chi connectivity index (χ4v) is 3.42. The predicted octanol–water partition coefficient (Wildman–Crippen LogP) is 2.96. The summed E-state index contributed by atoms with van der Waals surface area (Å²) in [6.07, 6.45) is 1.06. The Hall–Kier alpha value is -2.44. The lowest BCUT2D eigenvalue weighted by molar-refractivity contribution is -0.121. The molecule has 0 radical (unpaired) electrons. The first-order valence-corrected chi connectivity index (χ1v) is 9.62. The molecule has 28 heavy (non-hydrogen) atoms. The van der Waals surface area contributed by atoms with Gasteiger partial charge in [-0.1, -0.05) is 24.3 Å². The minimum absolute atomic E-state index is 0.00295. The Morgan fingerprint density at radius 1 is 1.21 bits per heavy atom. The molecule has 1 atom stereocenters. The lowest BCUT2D eigenvalue weighted by Gasteiger charge is -2.35. The molecule has 0 spiro atoms. The van der Waals surface area contributed by atoms with Gasteiger partial charge in [0.15, 0.2) is 0 Å². The average Bonchev–Trinajstić information content (AvgIpc) is 2.74. The first-order valence-electron chi connectivity index (χ1n) is 9.62. The predicted molar refractivity (Wildman–Crippen MR) is 106 cm³/mol. The van der Waals surface area contributed by atoms with Crippen LogP contribution in [-0.2, 0) is 16.0 Å². The molecule has 1 amide bonds. The van der Waals surface area contributed by atoms with Gasteiger partial charge in [-0.2, -0.15) is 0 Å². The maximum absolute atomic E-state index is 13.3. The van der Waals surface area contributed by atoms with Gasteiger partial charge in [-0.05, 0) is 41.8 Å². The van der Waals surface area contributed by atoms with Crippen LogP contribution in [0.5, 0.6) is 5.75 Å². The number of ether oxygens (including phenoxy) is 2. The van der Waals surface area contributed by atoms with E-state index in [9.17, 15) is 9.18 Å². The van der Waals surface area contributed by atoms with Gasteiger partial charge in [0.2, 0.25) is 5.91 Å². The average molecular weight is 386 g/mol. The molecule has 1 fully saturated rings. The largest absolute Gasteiger partial charge is 0.497 e. The van der Waals surface area contributed by atoms with E-state index < -0.39 is 0 Å². The van der Waals surface area contributed by atoms with Crippen LogP contribution < -0.4 is 10.1 Å². The van der Waals surface area contributed by atoms with Crippen LogP contribution in [-0.4, -0.2) is 50.8 Å². The number of carbonyl (C=O) groups is 1. The van der Waals surface area contributed by atoms with Gasteiger partial charge in [-0.25, -0.2) is 4.39 Å². The van der Waals surface area contributed by atoms with E-state index in [0.29, 0.717) is 32.6 Å². The fourth-order valence-electron chi connectivity index (χ4n) is 3.42. The number of aryl methyl sites for hydroxylation is 1. The lowest BCUT2D eigenvalue weighted by Crippen LogP contribution is -2.43. The van der Waals surface area contributed by atoms with Gasteiger partial charge < -0.3 is 14.8 Å². The first-order chi connectivity index (χ1) is 13.7. The summed E-state index contributed by atoms with van der Waals surface area (Å²) in [4.78, 5) is 14.7. The van der Waals surface area contributed by atoms with E-state index in [0.717, 1.165) is 30.0 Å². The maximum atomic E-state index is 13.3.